The summed E-state index contributed by atoms with van der Waals surface area (Å²) in [6, 6.07) is 8.07. The predicted molar refractivity (Wildman–Crippen MR) is 81.8 cm³/mol. The molecule has 0 amide bonds. The highest BCUT2D eigenvalue weighted by molar-refractivity contribution is 8.16. The fraction of sp³-hybridized carbons (Fsp3) is 0.357. The third-order valence-electron chi connectivity index (χ3n) is 2.81. The van der Waals surface area contributed by atoms with Crippen LogP contribution in [0.5, 0.6) is 5.75 Å². The van der Waals surface area contributed by atoms with Gasteiger partial charge in [0, 0.05) is 18.0 Å². The first-order valence-electron chi connectivity index (χ1n) is 6.38. The second-order valence-electron chi connectivity index (χ2n) is 4.31. The first-order chi connectivity index (χ1) is 9.20. The lowest BCUT2D eigenvalue weighted by molar-refractivity contribution is 0.309. The van der Waals surface area contributed by atoms with Gasteiger partial charge in [-0.2, -0.15) is 0 Å². The number of hydrogen-bond donors (Lipinski definition) is 1. The Morgan fingerprint density at radius 3 is 2.68 bits per heavy atom. The molecule has 4 nitrogen and oxygen atoms in total. The van der Waals surface area contributed by atoms with E-state index in [9.17, 15) is 0 Å². The molecule has 0 saturated heterocycles. The zero-order valence-corrected chi connectivity index (χ0v) is 12.1. The Balaban J connectivity index is 2.02. The monoisotopic (exact) mass is 277 g/mol. The third-order valence-corrected chi connectivity index (χ3v) is 3.47. The molecule has 0 aliphatic carbocycles. The van der Waals surface area contributed by atoms with Gasteiger partial charge in [-0.1, -0.05) is 25.1 Å². The fourth-order valence-electron chi connectivity index (χ4n) is 1.73. The summed E-state index contributed by atoms with van der Waals surface area (Å²) in [6.45, 7) is 2.93. The molecular formula is C14H19N3OS. The quantitative estimate of drug-likeness (QED) is 0.840. The van der Waals surface area contributed by atoms with Gasteiger partial charge in [-0.3, -0.25) is 5.01 Å². The average Bonchev–Trinajstić information content (AvgIpc) is 2.40. The molecule has 102 valence electrons. The van der Waals surface area contributed by atoms with Gasteiger partial charge in [-0.05, 0) is 30.7 Å². The molecule has 1 aliphatic rings. The molecule has 2 N–H and O–H groups in total. The van der Waals surface area contributed by atoms with E-state index < -0.39 is 0 Å². The molecule has 0 aromatic heterocycles. The molecule has 2 rings (SSSR count). The highest BCUT2D eigenvalue weighted by atomic mass is 32.2. The Hall–Kier alpha value is -1.62. The highest BCUT2D eigenvalue weighted by Gasteiger charge is 2.12. The Labute approximate surface area is 118 Å². The summed E-state index contributed by atoms with van der Waals surface area (Å²) in [5.74, 6) is 0.909. The summed E-state index contributed by atoms with van der Waals surface area (Å²) in [5, 5.41) is 8.58. The lowest BCUT2D eigenvalue weighted by atomic mass is 10.1. The van der Waals surface area contributed by atoms with E-state index in [1.54, 1.807) is 5.01 Å². The van der Waals surface area contributed by atoms with Gasteiger partial charge >= 0.3 is 0 Å². The van der Waals surface area contributed by atoms with Crippen molar-refractivity contribution >= 4 is 22.6 Å². The number of benzene rings is 1. The average molecular weight is 277 g/mol. The lowest BCUT2D eigenvalue weighted by Crippen LogP contribution is -2.19. The number of nitrogens with zero attached hydrogens (tertiary/aromatic N) is 2. The maximum atomic E-state index is 5.66. The second kappa shape index (κ2) is 6.52. The molecule has 1 aliphatic heterocycles. The molecule has 0 atom stereocenters. The van der Waals surface area contributed by atoms with Crippen LogP contribution in [0.2, 0.25) is 0 Å². The van der Waals surface area contributed by atoms with Gasteiger partial charge in [-0.15, -0.1) is 5.10 Å². The molecule has 0 fully saturated rings. The maximum Gasteiger partial charge on any atom is 0.182 e. The Bertz CT molecular complexity index is 482. The molecule has 0 radical (unpaired) electrons. The van der Waals surface area contributed by atoms with E-state index in [-0.39, 0.29) is 0 Å². The molecule has 5 heteroatoms. The maximum absolute atomic E-state index is 5.66. The van der Waals surface area contributed by atoms with Crippen LogP contribution in [-0.2, 0) is 0 Å². The first-order valence-corrected chi connectivity index (χ1v) is 7.26. The Kier molecular flexibility index (Phi) is 4.74. The van der Waals surface area contributed by atoms with Crippen LogP contribution in [0.1, 0.15) is 25.3 Å². The second-order valence-corrected chi connectivity index (χ2v) is 5.20. The number of nitrogens with two attached hydrogens (primary N) is 1. The smallest absolute Gasteiger partial charge is 0.182 e. The van der Waals surface area contributed by atoms with E-state index in [1.807, 2.05) is 36.7 Å². The third kappa shape index (κ3) is 3.67. The van der Waals surface area contributed by atoms with Crippen LogP contribution in [0.15, 0.2) is 34.8 Å². The number of amidine groups is 1. The summed E-state index contributed by atoms with van der Waals surface area (Å²) < 4.78 is 5.65. The van der Waals surface area contributed by atoms with Gasteiger partial charge in [-0.25, -0.2) is 0 Å². The van der Waals surface area contributed by atoms with Crippen molar-refractivity contribution in [2.45, 2.75) is 19.8 Å². The van der Waals surface area contributed by atoms with Gasteiger partial charge in [0.2, 0.25) is 0 Å². The standard InChI is InChI=1S/C14H19N3OS/c1-3-4-9-18-12-7-5-11(6-8-12)13-10-19-14(15)16-17(13)2/h5-8,10H,3-4,9H2,1-2H3,(H2,15,16). The van der Waals surface area contributed by atoms with Gasteiger partial charge in [0.1, 0.15) is 5.75 Å². The number of rotatable bonds is 5. The van der Waals surface area contributed by atoms with Crippen molar-refractivity contribution in [1.29, 1.82) is 0 Å². The zero-order chi connectivity index (χ0) is 13.7. The molecule has 0 saturated carbocycles. The molecule has 1 aromatic rings. The summed E-state index contributed by atoms with van der Waals surface area (Å²) in [5.41, 5.74) is 7.81. The molecule has 1 aromatic carbocycles. The van der Waals surface area contributed by atoms with Gasteiger partial charge in [0.25, 0.3) is 0 Å². The summed E-state index contributed by atoms with van der Waals surface area (Å²) in [6.07, 6.45) is 2.23. The number of hydrogen-bond acceptors (Lipinski definition) is 5. The molecule has 0 unspecified atom stereocenters. The Morgan fingerprint density at radius 2 is 2.05 bits per heavy atom. The van der Waals surface area contributed by atoms with Crippen molar-refractivity contribution in [3.63, 3.8) is 0 Å². The normalized spacial score (nSPS) is 14.9. The lowest BCUT2D eigenvalue weighted by Gasteiger charge is -2.21. The van der Waals surface area contributed by atoms with Crippen molar-refractivity contribution in [1.82, 2.24) is 5.01 Å². The molecular weight excluding hydrogens is 258 g/mol. The van der Waals surface area contributed by atoms with Gasteiger partial charge < -0.3 is 10.5 Å². The predicted octanol–water partition coefficient (Wildman–Crippen LogP) is 3.07. The minimum atomic E-state index is 0.561. The molecule has 0 spiro atoms. The fourth-order valence-corrected chi connectivity index (χ4v) is 2.42. The van der Waals surface area contributed by atoms with Gasteiger partial charge in [0.15, 0.2) is 5.17 Å². The van der Waals surface area contributed by atoms with E-state index in [2.05, 4.69) is 12.0 Å². The van der Waals surface area contributed by atoms with Crippen LogP contribution >= 0.6 is 11.8 Å². The van der Waals surface area contributed by atoms with Crippen LogP contribution in [0.4, 0.5) is 0 Å². The largest absolute Gasteiger partial charge is 0.494 e. The van der Waals surface area contributed by atoms with E-state index in [0.29, 0.717) is 5.17 Å². The zero-order valence-electron chi connectivity index (χ0n) is 11.3. The van der Waals surface area contributed by atoms with Crippen LogP contribution in [0.25, 0.3) is 5.70 Å². The van der Waals surface area contributed by atoms with Crippen LogP contribution < -0.4 is 10.5 Å². The van der Waals surface area contributed by atoms with Crippen molar-refractivity contribution < 1.29 is 4.74 Å². The Morgan fingerprint density at radius 1 is 1.32 bits per heavy atom. The molecule has 0 bridgehead atoms. The SMILES string of the molecule is CCCCOc1ccc(C2=CSC(N)=NN2C)cc1. The summed E-state index contributed by atoms with van der Waals surface area (Å²) in [7, 11) is 1.89. The summed E-state index contributed by atoms with van der Waals surface area (Å²) in [4.78, 5) is 0. The minimum Gasteiger partial charge on any atom is -0.494 e. The minimum absolute atomic E-state index is 0.561. The molecule has 19 heavy (non-hydrogen) atoms. The van der Waals surface area contributed by atoms with Crippen molar-refractivity contribution in [2.75, 3.05) is 13.7 Å². The van der Waals surface area contributed by atoms with Crippen LogP contribution in [-0.4, -0.2) is 23.8 Å². The van der Waals surface area contributed by atoms with Gasteiger partial charge in [0.05, 0.1) is 12.3 Å². The summed E-state index contributed by atoms with van der Waals surface area (Å²) >= 11 is 1.44. The number of unbranched alkanes of at least 4 members (excludes halogenated alkanes) is 1. The number of ether oxygens (including phenoxy) is 1. The van der Waals surface area contributed by atoms with E-state index in [0.717, 1.165) is 36.5 Å². The van der Waals surface area contributed by atoms with E-state index in [4.69, 9.17) is 10.5 Å². The van der Waals surface area contributed by atoms with Crippen molar-refractivity contribution in [2.24, 2.45) is 10.8 Å². The van der Waals surface area contributed by atoms with Crippen LogP contribution in [0.3, 0.4) is 0 Å². The van der Waals surface area contributed by atoms with Crippen LogP contribution in [0, 0.1) is 0 Å². The number of hydrazone groups is 1. The highest BCUT2D eigenvalue weighted by Crippen LogP contribution is 2.27. The van der Waals surface area contributed by atoms with E-state index in [1.165, 1.54) is 11.8 Å². The van der Waals surface area contributed by atoms with E-state index >= 15 is 0 Å². The van der Waals surface area contributed by atoms with Crippen molar-refractivity contribution in [3.05, 3.63) is 35.2 Å². The molecule has 1 heterocycles. The van der Waals surface area contributed by atoms with Crippen molar-refractivity contribution in [3.8, 4) is 5.75 Å². The first kappa shape index (κ1) is 13.8. The topological polar surface area (TPSA) is 50.9 Å². The number of thioether (sulfide) groups is 1.